The first-order chi connectivity index (χ1) is 13.2. The molecule has 0 aliphatic carbocycles. The molecule has 2 N–H and O–H groups in total. The minimum atomic E-state index is -0.726. The molecule has 1 amide bonds. The van der Waals surface area contributed by atoms with Gasteiger partial charge < -0.3 is 19.9 Å². The number of carbonyl (C=O) groups excluding carboxylic acids is 1. The van der Waals surface area contributed by atoms with Crippen molar-refractivity contribution < 1.29 is 19.4 Å². The summed E-state index contributed by atoms with van der Waals surface area (Å²) in [4.78, 5) is 12.0. The number of nitrogens with one attached hydrogen (secondary N) is 1. The van der Waals surface area contributed by atoms with Crippen molar-refractivity contribution in [1.29, 1.82) is 0 Å². The molecule has 1 atom stereocenters. The number of carbonyl (C=O) groups is 1. The van der Waals surface area contributed by atoms with Gasteiger partial charge in [0.15, 0.2) is 0 Å². The molecular weight excluding hydrogens is 354 g/mol. The molecule has 28 heavy (non-hydrogen) atoms. The highest BCUT2D eigenvalue weighted by Crippen LogP contribution is 2.18. The van der Waals surface area contributed by atoms with E-state index in [1.807, 2.05) is 52.0 Å². The monoisotopic (exact) mass is 393 g/mol. The van der Waals surface area contributed by atoms with Crippen LogP contribution in [0.3, 0.4) is 0 Å². The molecule has 0 aromatic heterocycles. The van der Waals surface area contributed by atoms with Crippen LogP contribution >= 0.6 is 0 Å². The lowest BCUT2D eigenvalue weighted by molar-refractivity contribution is 0.0407. The second-order valence-corrected chi connectivity index (χ2v) is 8.75. The maximum absolute atomic E-state index is 12.0. The van der Waals surface area contributed by atoms with Crippen LogP contribution in [0.2, 0.25) is 0 Å². The second-order valence-electron chi connectivity index (χ2n) is 8.75. The first-order valence-electron chi connectivity index (χ1n) is 10.5. The number of rotatable bonds is 12. The van der Waals surface area contributed by atoms with Crippen LogP contribution in [-0.4, -0.2) is 35.6 Å². The zero-order chi connectivity index (χ0) is 21.0. The summed E-state index contributed by atoms with van der Waals surface area (Å²) < 4.78 is 11.1. The highest BCUT2D eigenvalue weighted by atomic mass is 16.6. The molecule has 1 aromatic carbocycles. The predicted molar refractivity (Wildman–Crippen MR) is 114 cm³/mol. The summed E-state index contributed by atoms with van der Waals surface area (Å²) in [6.45, 7) is 10.1. The summed E-state index contributed by atoms with van der Waals surface area (Å²) >= 11 is 0. The van der Waals surface area contributed by atoms with Gasteiger partial charge in [-0.25, -0.2) is 4.79 Å². The van der Waals surface area contributed by atoms with Gasteiger partial charge in [-0.05, 0) is 64.7 Å². The third-order valence-corrected chi connectivity index (χ3v) is 4.56. The fourth-order valence-corrected chi connectivity index (χ4v) is 2.80. The van der Waals surface area contributed by atoms with Gasteiger partial charge >= 0.3 is 6.09 Å². The highest BCUT2D eigenvalue weighted by Gasteiger charge is 2.28. The smallest absolute Gasteiger partial charge is 0.408 e. The molecule has 0 bridgehead atoms. The van der Waals surface area contributed by atoms with E-state index in [4.69, 9.17) is 9.47 Å². The van der Waals surface area contributed by atoms with Crippen molar-refractivity contribution >= 4 is 6.09 Å². The van der Waals surface area contributed by atoms with E-state index in [1.54, 1.807) is 0 Å². The third kappa shape index (κ3) is 10.5. The van der Waals surface area contributed by atoms with Gasteiger partial charge in [-0.2, -0.15) is 0 Å². The van der Waals surface area contributed by atoms with Crippen molar-refractivity contribution in [3.63, 3.8) is 0 Å². The van der Waals surface area contributed by atoms with Crippen LogP contribution < -0.4 is 10.1 Å². The fraction of sp³-hybridized carbons (Fsp3) is 0.696. The van der Waals surface area contributed by atoms with Crippen molar-refractivity contribution in [1.82, 2.24) is 5.32 Å². The van der Waals surface area contributed by atoms with E-state index in [1.165, 1.54) is 25.7 Å². The van der Waals surface area contributed by atoms with Crippen LogP contribution in [0.1, 0.15) is 78.7 Å². The van der Waals surface area contributed by atoms with E-state index in [0.717, 1.165) is 30.8 Å². The number of amides is 1. The predicted octanol–water partition coefficient (Wildman–Crippen LogP) is 5.24. The molecule has 0 aliphatic heterocycles. The van der Waals surface area contributed by atoms with E-state index in [2.05, 4.69) is 12.2 Å². The van der Waals surface area contributed by atoms with Gasteiger partial charge in [-0.1, -0.05) is 44.7 Å². The van der Waals surface area contributed by atoms with Gasteiger partial charge in [0.05, 0.1) is 18.8 Å². The Morgan fingerprint density at radius 1 is 1.04 bits per heavy atom. The molecule has 5 nitrogen and oxygen atoms in total. The van der Waals surface area contributed by atoms with Crippen LogP contribution in [0.5, 0.6) is 5.75 Å². The molecular formula is C23H39NO4. The number of aryl methyl sites for hydroxylation is 1. The van der Waals surface area contributed by atoms with E-state index >= 15 is 0 Å². The third-order valence-electron chi connectivity index (χ3n) is 4.56. The van der Waals surface area contributed by atoms with Gasteiger partial charge in [-0.15, -0.1) is 0 Å². The molecule has 160 valence electrons. The average molecular weight is 394 g/mol. The Hall–Kier alpha value is -1.75. The fourth-order valence-electron chi connectivity index (χ4n) is 2.80. The number of alkyl carbamates (subject to hydrolysis) is 1. The molecule has 0 spiro atoms. The Morgan fingerprint density at radius 3 is 2.25 bits per heavy atom. The summed E-state index contributed by atoms with van der Waals surface area (Å²) in [7, 11) is 0. The maximum atomic E-state index is 12.0. The van der Waals surface area contributed by atoms with Crippen LogP contribution in [0.4, 0.5) is 4.79 Å². The SMILES string of the molecule is CCCCCCCOc1ccc(CCC(C)(CO)NC(=O)OC(C)(C)C)cc1. The van der Waals surface area contributed by atoms with Crippen LogP contribution in [-0.2, 0) is 11.2 Å². The van der Waals surface area contributed by atoms with Gasteiger partial charge in [-0.3, -0.25) is 0 Å². The molecule has 0 heterocycles. The number of benzene rings is 1. The molecule has 0 fully saturated rings. The van der Waals surface area contributed by atoms with Crippen molar-refractivity contribution in [3.05, 3.63) is 29.8 Å². The van der Waals surface area contributed by atoms with Crippen molar-refractivity contribution in [2.45, 2.75) is 90.7 Å². The van der Waals surface area contributed by atoms with Crippen LogP contribution in [0.25, 0.3) is 0 Å². The van der Waals surface area contributed by atoms with Gasteiger partial charge in [0.2, 0.25) is 0 Å². The minimum absolute atomic E-state index is 0.147. The quantitative estimate of drug-likeness (QED) is 0.476. The Labute approximate surface area is 170 Å². The number of aliphatic hydroxyl groups excluding tert-OH is 1. The normalized spacial score (nSPS) is 13.6. The Balaban J connectivity index is 2.42. The Morgan fingerprint density at radius 2 is 1.68 bits per heavy atom. The number of aliphatic hydroxyl groups is 1. The minimum Gasteiger partial charge on any atom is -0.494 e. The molecule has 0 saturated heterocycles. The molecule has 1 aromatic rings. The van der Waals surface area contributed by atoms with E-state index in [0.29, 0.717) is 6.42 Å². The van der Waals surface area contributed by atoms with Gasteiger partial charge in [0.25, 0.3) is 0 Å². The zero-order valence-electron chi connectivity index (χ0n) is 18.3. The lowest BCUT2D eigenvalue weighted by Gasteiger charge is -2.30. The zero-order valence-corrected chi connectivity index (χ0v) is 18.3. The number of hydrogen-bond donors (Lipinski definition) is 2. The van der Waals surface area contributed by atoms with E-state index in [9.17, 15) is 9.90 Å². The second kappa shape index (κ2) is 11.9. The number of ether oxygens (including phenoxy) is 2. The van der Waals surface area contributed by atoms with Crippen LogP contribution in [0, 0.1) is 0 Å². The summed E-state index contributed by atoms with van der Waals surface area (Å²) in [5, 5.41) is 12.5. The molecule has 1 unspecified atom stereocenters. The summed E-state index contributed by atoms with van der Waals surface area (Å²) in [5.41, 5.74) is -0.150. The van der Waals surface area contributed by atoms with Crippen LogP contribution in [0.15, 0.2) is 24.3 Å². The number of unbranched alkanes of at least 4 members (excludes halogenated alkanes) is 4. The van der Waals surface area contributed by atoms with E-state index < -0.39 is 17.2 Å². The number of hydrogen-bond acceptors (Lipinski definition) is 4. The van der Waals surface area contributed by atoms with Crippen molar-refractivity contribution in [2.24, 2.45) is 0 Å². The first kappa shape index (κ1) is 24.3. The Bertz CT molecular complexity index is 565. The molecule has 1 rings (SSSR count). The highest BCUT2D eigenvalue weighted by molar-refractivity contribution is 5.68. The lowest BCUT2D eigenvalue weighted by Crippen LogP contribution is -2.50. The van der Waals surface area contributed by atoms with Gasteiger partial charge in [0.1, 0.15) is 11.4 Å². The molecule has 0 aliphatic rings. The Kier molecular flexibility index (Phi) is 10.4. The molecule has 0 saturated carbocycles. The summed E-state index contributed by atoms with van der Waals surface area (Å²) in [6.07, 6.45) is 6.98. The molecule has 0 radical (unpaired) electrons. The summed E-state index contributed by atoms with van der Waals surface area (Å²) in [6, 6.07) is 8.05. The van der Waals surface area contributed by atoms with Crippen molar-refractivity contribution in [2.75, 3.05) is 13.2 Å². The largest absolute Gasteiger partial charge is 0.494 e. The average Bonchev–Trinajstić information content (AvgIpc) is 2.62. The topological polar surface area (TPSA) is 67.8 Å². The molecule has 5 heteroatoms. The summed E-state index contributed by atoms with van der Waals surface area (Å²) in [5.74, 6) is 0.885. The maximum Gasteiger partial charge on any atom is 0.408 e. The van der Waals surface area contributed by atoms with Crippen molar-refractivity contribution in [3.8, 4) is 5.75 Å². The van der Waals surface area contributed by atoms with E-state index in [-0.39, 0.29) is 6.61 Å². The standard InChI is InChI=1S/C23H39NO4/c1-6-7-8-9-10-17-27-20-13-11-19(12-14-20)15-16-23(5,18-25)24-21(26)28-22(2,3)4/h11-14,25H,6-10,15-18H2,1-5H3,(H,24,26). The van der Waals surface area contributed by atoms with Gasteiger partial charge in [0, 0.05) is 0 Å². The first-order valence-corrected chi connectivity index (χ1v) is 10.5. The lowest BCUT2D eigenvalue weighted by atomic mass is 9.94.